The topological polar surface area (TPSA) is 69.6 Å². The number of nitrogens with zero attached hydrogens (tertiary/aromatic N) is 1. The molecule has 3 aromatic rings. The van der Waals surface area contributed by atoms with Crippen molar-refractivity contribution in [1.82, 2.24) is 4.90 Å². The highest BCUT2D eigenvalue weighted by Gasteiger charge is 2.32. The molecule has 0 bridgehead atoms. The molecule has 0 unspecified atom stereocenters. The van der Waals surface area contributed by atoms with Crippen LogP contribution in [0.4, 0.5) is 5.69 Å². The van der Waals surface area contributed by atoms with Crippen LogP contribution in [0.5, 0.6) is 0 Å². The predicted molar refractivity (Wildman–Crippen MR) is 107 cm³/mol. The second-order valence-electron chi connectivity index (χ2n) is 6.75. The summed E-state index contributed by atoms with van der Waals surface area (Å²) in [4.78, 5) is 26.1. The van der Waals surface area contributed by atoms with Crippen LogP contribution in [0.25, 0.3) is 0 Å². The van der Waals surface area contributed by atoms with Crippen LogP contribution in [-0.2, 0) is 6.42 Å². The van der Waals surface area contributed by atoms with E-state index in [1.165, 1.54) is 0 Å². The smallest absolute Gasteiger partial charge is 0.335 e. The average Bonchev–Trinajstić information content (AvgIpc) is 2.74. The third kappa shape index (κ3) is 3.47. The molecule has 0 fully saturated rings. The first-order valence-electron chi connectivity index (χ1n) is 9.17. The number of hydrogen-bond acceptors (Lipinski definition) is 3. The molecule has 0 aliphatic carbocycles. The molecule has 0 aromatic heterocycles. The summed E-state index contributed by atoms with van der Waals surface area (Å²) >= 11 is 0. The maximum Gasteiger partial charge on any atom is 0.335 e. The molecule has 0 spiro atoms. The first kappa shape index (κ1) is 17.8. The second kappa shape index (κ2) is 7.56. The minimum atomic E-state index is -0.967. The Morgan fingerprint density at radius 3 is 2.32 bits per heavy atom. The Morgan fingerprint density at radius 1 is 0.929 bits per heavy atom. The predicted octanol–water partition coefficient (Wildman–Crippen LogP) is 4.19. The van der Waals surface area contributed by atoms with Crippen LogP contribution in [0, 0.1) is 0 Å². The van der Waals surface area contributed by atoms with Crippen molar-refractivity contribution in [3.8, 4) is 0 Å². The number of hydrogen-bond donors (Lipinski definition) is 2. The number of para-hydroxylation sites is 1. The molecule has 1 aliphatic heterocycles. The highest BCUT2D eigenvalue weighted by molar-refractivity contribution is 6.01. The van der Waals surface area contributed by atoms with Gasteiger partial charge in [0.1, 0.15) is 6.17 Å². The summed E-state index contributed by atoms with van der Waals surface area (Å²) in [5.41, 5.74) is 3.67. The zero-order valence-electron chi connectivity index (χ0n) is 15.2. The molecule has 140 valence electrons. The van der Waals surface area contributed by atoms with Gasteiger partial charge in [-0.3, -0.25) is 4.79 Å². The Hall–Kier alpha value is -3.60. The van der Waals surface area contributed by atoms with Gasteiger partial charge in [0.15, 0.2) is 0 Å². The molecule has 5 heteroatoms. The Balaban J connectivity index is 1.66. The molecule has 2 N–H and O–H groups in total. The van der Waals surface area contributed by atoms with E-state index in [9.17, 15) is 9.59 Å². The largest absolute Gasteiger partial charge is 0.478 e. The quantitative estimate of drug-likeness (QED) is 0.704. The highest BCUT2D eigenvalue weighted by Crippen LogP contribution is 2.33. The number of benzene rings is 3. The first-order valence-corrected chi connectivity index (χ1v) is 9.17. The van der Waals surface area contributed by atoms with Gasteiger partial charge in [0.25, 0.3) is 5.91 Å². The number of carbonyl (C=O) groups is 2. The summed E-state index contributed by atoms with van der Waals surface area (Å²) in [6.45, 7) is 0.551. The number of rotatable bonds is 5. The molecule has 28 heavy (non-hydrogen) atoms. The van der Waals surface area contributed by atoms with E-state index in [1.807, 2.05) is 59.5 Å². The molecule has 0 radical (unpaired) electrons. The van der Waals surface area contributed by atoms with Gasteiger partial charge in [-0.05, 0) is 41.8 Å². The number of amides is 1. The van der Waals surface area contributed by atoms with Crippen molar-refractivity contribution in [2.75, 3.05) is 11.9 Å². The van der Waals surface area contributed by atoms with Gasteiger partial charge >= 0.3 is 5.97 Å². The van der Waals surface area contributed by atoms with Gasteiger partial charge in [0, 0.05) is 12.2 Å². The van der Waals surface area contributed by atoms with Crippen molar-refractivity contribution in [1.29, 1.82) is 0 Å². The Bertz CT molecular complexity index is 1000. The number of carboxylic acids is 1. The molecule has 1 heterocycles. The van der Waals surface area contributed by atoms with Crippen molar-refractivity contribution in [3.05, 3.63) is 101 Å². The van der Waals surface area contributed by atoms with Crippen molar-refractivity contribution in [2.24, 2.45) is 0 Å². The standard InChI is InChI=1S/C23H20N2O3/c26-22-19-8-4-5-9-20(19)24-21(17-10-12-18(13-11-17)23(27)28)25(22)15-14-16-6-2-1-3-7-16/h1-13,21,24H,14-15H2,(H,27,28)/t21-/m1/s1. The van der Waals surface area contributed by atoms with Crippen LogP contribution in [0.15, 0.2) is 78.9 Å². The minimum absolute atomic E-state index is 0.0300. The number of aromatic carboxylic acids is 1. The van der Waals surface area contributed by atoms with Crippen molar-refractivity contribution in [3.63, 3.8) is 0 Å². The molecule has 1 amide bonds. The maximum absolute atomic E-state index is 13.2. The van der Waals surface area contributed by atoms with Crippen LogP contribution in [-0.4, -0.2) is 28.4 Å². The van der Waals surface area contributed by atoms with E-state index in [0.29, 0.717) is 12.1 Å². The summed E-state index contributed by atoms with van der Waals surface area (Å²) < 4.78 is 0. The van der Waals surface area contributed by atoms with Gasteiger partial charge in [0.05, 0.1) is 11.1 Å². The van der Waals surface area contributed by atoms with Gasteiger partial charge in [-0.15, -0.1) is 0 Å². The number of anilines is 1. The summed E-state index contributed by atoms with van der Waals surface area (Å²) in [5, 5.41) is 12.6. The Kier molecular flexibility index (Phi) is 4.81. The molecule has 0 saturated heterocycles. The number of fused-ring (bicyclic) bond motifs is 1. The molecule has 5 nitrogen and oxygen atoms in total. The van der Waals surface area contributed by atoms with Gasteiger partial charge in [0.2, 0.25) is 0 Å². The SMILES string of the molecule is O=C(O)c1ccc([C@@H]2Nc3ccccc3C(=O)N2CCc2ccccc2)cc1. The first-order chi connectivity index (χ1) is 13.6. The van der Waals surface area contributed by atoms with Crippen molar-refractivity contribution < 1.29 is 14.7 Å². The van der Waals surface area contributed by atoms with Gasteiger partial charge in [-0.2, -0.15) is 0 Å². The van der Waals surface area contributed by atoms with Crippen LogP contribution >= 0.6 is 0 Å². The van der Waals surface area contributed by atoms with E-state index in [2.05, 4.69) is 5.32 Å². The fourth-order valence-corrected chi connectivity index (χ4v) is 3.49. The summed E-state index contributed by atoms with van der Waals surface area (Å²) in [6.07, 6.45) is 0.383. The average molecular weight is 372 g/mol. The molecule has 1 aliphatic rings. The third-order valence-corrected chi connectivity index (χ3v) is 4.98. The lowest BCUT2D eigenvalue weighted by Gasteiger charge is -2.38. The normalized spacial score (nSPS) is 15.6. The van der Waals surface area contributed by atoms with Gasteiger partial charge < -0.3 is 15.3 Å². The van der Waals surface area contributed by atoms with E-state index in [-0.39, 0.29) is 17.6 Å². The fourth-order valence-electron chi connectivity index (χ4n) is 3.49. The molecule has 3 aromatic carbocycles. The second-order valence-corrected chi connectivity index (χ2v) is 6.75. The number of nitrogens with one attached hydrogen (secondary N) is 1. The molecule has 1 atom stereocenters. The van der Waals surface area contributed by atoms with Gasteiger partial charge in [-0.1, -0.05) is 54.6 Å². The molecular formula is C23H20N2O3. The number of carboxylic acid groups (broad SMARTS) is 1. The van der Waals surface area contributed by atoms with Gasteiger partial charge in [-0.25, -0.2) is 4.79 Å². The van der Waals surface area contributed by atoms with E-state index < -0.39 is 5.97 Å². The van der Waals surface area contributed by atoms with Crippen molar-refractivity contribution >= 4 is 17.6 Å². The van der Waals surface area contributed by atoms with E-state index in [4.69, 9.17) is 5.11 Å². The van der Waals surface area contributed by atoms with E-state index in [0.717, 1.165) is 23.2 Å². The lowest BCUT2D eigenvalue weighted by atomic mass is 10.0. The van der Waals surface area contributed by atoms with E-state index >= 15 is 0 Å². The highest BCUT2D eigenvalue weighted by atomic mass is 16.4. The third-order valence-electron chi connectivity index (χ3n) is 4.98. The molecule has 0 saturated carbocycles. The lowest BCUT2D eigenvalue weighted by Crippen LogP contribution is -2.44. The molecule has 4 rings (SSSR count). The van der Waals surface area contributed by atoms with E-state index in [1.54, 1.807) is 24.3 Å². The van der Waals surface area contributed by atoms with Crippen LogP contribution in [0.3, 0.4) is 0 Å². The Morgan fingerprint density at radius 2 is 1.61 bits per heavy atom. The summed E-state index contributed by atoms with van der Waals surface area (Å²) in [7, 11) is 0. The maximum atomic E-state index is 13.2. The summed E-state index contributed by atoms with van der Waals surface area (Å²) in [5.74, 6) is -0.997. The number of carbonyl (C=O) groups excluding carboxylic acids is 1. The summed E-state index contributed by atoms with van der Waals surface area (Å²) in [6, 6.07) is 24.2. The monoisotopic (exact) mass is 372 g/mol. The fraction of sp³-hybridized carbons (Fsp3) is 0.130. The minimum Gasteiger partial charge on any atom is -0.478 e. The molecular weight excluding hydrogens is 352 g/mol. The van der Waals surface area contributed by atoms with Crippen molar-refractivity contribution in [2.45, 2.75) is 12.6 Å². The zero-order valence-corrected chi connectivity index (χ0v) is 15.2. The van der Waals surface area contributed by atoms with Crippen LogP contribution < -0.4 is 5.32 Å². The lowest BCUT2D eigenvalue weighted by molar-refractivity contribution is 0.0677. The van der Waals surface area contributed by atoms with Crippen LogP contribution in [0.2, 0.25) is 0 Å². The van der Waals surface area contributed by atoms with Crippen LogP contribution in [0.1, 0.15) is 38.0 Å². The zero-order chi connectivity index (χ0) is 19.5. The Labute approximate surface area is 163 Å².